The first-order chi connectivity index (χ1) is 27.2. The van der Waals surface area contributed by atoms with Gasteiger partial charge in [0.25, 0.3) is 11.4 Å². The highest BCUT2D eigenvalue weighted by Gasteiger charge is 2.43. The fourth-order valence-corrected chi connectivity index (χ4v) is 6.28. The zero-order valence-corrected chi connectivity index (χ0v) is 29.1. The Labute approximate surface area is 318 Å². The number of phenols is 2. The van der Waals surface area contributed by atoms with Crippen LogP contribution in [0.5, 0.6) is 28.7 Å². The standard InChI is InChI=1S/C41H28N6O9/c48-34-17-15-28(46(50)51)23-32(34)42-44-39-30-10-4-1-7-25(30)13-19-37(39)55-41(22-21-27-9-3-6-12-36(27)54-41)56-38-20-14-26-8-2-5-11-31(26)40(38)45-43-33-24-29(47(52)53)16-18-35(33)49/h1-20,23-24,48-49H,21-22H2/p+1. The van der Waals surface area contributed by atoms with Gasteiger partial charge in [-0.25, -0.2) is 0 Å². The molecule has 0 radical (unpaired) electrons. The number of hydrogen-bond donors (Lipinski definition) is 2. The summed E-state index contributed by atoms with van der Waals surface area (Å²) in [4.78, 5) is 21.8. The van der Waals surface area contributed by atoms with E-state index in [1.807, 2.05) is 54.6 Å². The summed E-state index contributed by atoms with van der Waals surface area (Å²) in [6.07, 6.45) is 0.627. The van der Waals surface area contributed by atoms with E-state index in [-0.39, 0.29) is 65.0 Å². The molecular formula is C41H29N6O9+. The zero-order valence-electron chi connectivity index (χ0n) is 30.1. The van der Waals surface area contributed by atoms with E-state index in [1.54, 1.807) is 42.5 Å². The van der Waals surface area contributed by atoms with E-state index in [1.165, 1.54) is 12.1 Å². The summed E-state index contributed by atoms with van der Waals surface area (Å²) in [5.74, 6) is -1.66. The molecular weight excluding hydrogens is 720 g/mol. The van der Waals surface area contributed by atoms with E-state index >= 15 is 0 Å². The summed E-state index contributed by atoms with van der Waals surface area (Å²) in [7, 11) is 0. The number of para-hydroxylation sites is 1. The van der Waals surface area contributed by atoms with Crippen LogP contribution in [-0.4, -0.2) is 26.0 Å². The number of benzene rings is 7. The van der Waals surface area contributed by atoms with Crippen LogP contribution in [0.3, 0.4) is 0 Å². The smallest absolute Gasteiger partial charge is 0.506 e. The number of nitrogens with zero attached hydrogens (tertiary/aromatic N) is 6. The molecule has 7 aromatic rings. The first kappa shape index (κ1) is 35.1. The van der Waals surface area contributed by atoms with Crippen molar-refractivity contribution in [2.24, 2.45) is 20.5 Å². The van der Waals surface area contributed by atoms with Crippen molar-refractivity contribution in [3.05, 3.63) is 159 Å². The van der Waals surface area contributed by atoms with Crippen LogP contribution in [0.2, 0.25) is 0 Å². The quantitative estimate of drug-likeness (QED) is 0.0589. The van der Waals surface area contributed by atoms with Crippen LogP contribution in [0.15, 0.2) is 154 Å². The molecule has 1 heterocycles. The van der Waals surface area contributed by atoms with Crippen LogP contribution in [0, 0.1) is 20.2 Å². The minimum absolute atomic E-state index is 0. The predicted molar refractivity (Wildman–Crippen MR) is 206 cm³/mol. The lowest BCUT2D eigenvalue weighted by atomic mass is 10.0. The van der Waals surface area contributed by atoms with Gasteiger partial charge in [0.1, 0.15) is 40.0 Å². The molecule has 0 spiro atoms. The molecule has 0 bridgehead atoms. The average Bonchev–Trinajstić information content (AvgIpc) is 3.20. The molecule has 15 heteroatoms. The summed E-state index contributed by atoms with van der Waals surface area (Å²) < 4.78 is 20.1. The van der Waals surface area contributed by atoms with Gasteiger partial charge >= 0.3 is 7.40 Å². The Kier molecular flexibility index (Phi) is 9.07. The van der Waals surface area contributed by atoms with Crippen LogP contribution in [0.1, 0.15) is 13.4 Å². The van der Waals surface area contributed by atoms with Gasteiger partial charge in [-0.3, -0.25) is 20.2 Å². The molecule has 15 nitrogen and oxygen atoms in total. The monoisotopic (exact) mass is 749 g/mol. The van der Waals surface area contributed by atoms with E-state index in [9.17, 15) is 30.4 Å². The number of nitro benzene ring substituents is 2. The Bertz CT molecular complexity index is 2600. The number of azo groups is 2. The zero-order chi connectivity index (χ0) is 38.8. The van der Waals surface area contributed by atoms with Gasteiger partial charge < -0.3 is 24.4 Å². The van der Waals surface area contributed by atoms with Gasteiger partial charge in [0.05, 0.1) is 16.3 Å². The van der Waals surface area contributed by atoms with E-state index in [4.69, 9.17) is 14.2 Å². The maximum absolute atomic E-state index is 11.5. The molecule has 0 atom stereocenters. The molecule has 276 valence electrons. The number of phenolic OH excluding ortho intramolecular Hbond substituents is 2. The summed E-state index contributed by atoms with van der Waals surface area (Å²) in [6, 6.07) is 36.0. The first-order valence-corrected chi connectivity index (χ1v) is 17.1. The van der Waals surface area contributed by atoms with Gasteiger partial charge in [-0.05, 0) is 53.1 Å². The molecule has 8 rings (SSSR count). The molecule has 2 N–H and O–H groups in total. The second kappa shape index (κ2) is 14.5. The highest BCUT2D eigenvalue weighted by Crippen LogP contribution is 2.46. The highest BCUT2D eigenvalue weighted by atomic mass is 16.9. The van der Waals surface area contributed by atoms with Crippen molar-refractivity contribution in [3.8, 4) is 28.7 Å². The summed E-state index contributed by atoms with van der Waals surface area (Å²) in [6.45, 7) is 0. The molecule has 56 heavy (non-hydrogen) atoms. The molecule has 7 aromatic carbocycles. The van der Waals surface area contributed by atoms with E-state index in [2.05, 4.69) is 20.5 Å². The Balaban J connectivity index is 0.00000496. The van der Waals surface area contributed by atoms with E-state index < -0.39 is 15.8 Å². The largest absolute Gasteiger partial charge is 1.00 e. The molecule has 0 unspecified atom stereocenters. The summed E-state index contributed by atoms with van der Waals surface area (Å²) >= 11 is 0. The molecule has 0 aromatic heterocycles. The Morgan fingerprint density at radius 2 is 1.09 bits per heavy atom. The fourth-order valence-electron chi connectivity index (χ4n) is 6.28. The first-order valence-electron chi connectivity index (χ1n) is 17.1. The third-order valence-corrected chi connectivity index (χ3v) is 9.05. The summed E-state index contributed by atoms with van der Waals surface area (Å²) in [5, 5.41) is 64.1. The lowest BCUT2D eigenvalue weighted by Gasteiger charge is -2.38. The van der Waals surface area contributed by atoms with Gasteiger partial charge in [-0.15, -0.1) is 20.5 Å². The van der Waals surface area contributed by atoms with Crippen LogP contribution < -0.4 is 14.2 Å². The van der Waals surface area contributed by atoms with Crippen LogP contribution in [-0.2, 0) is 6.42 Å². The van der Waals surface area contributed by atoms with Crippen molar-refractivity contribution in [2.75, 3.05) is 0 Å². The number of aryl methyl sites for hydroxylation is 1. The lowest BCUT2D eigenvalue weighted by molar-refractivity contribution is -0.385. The van der Waals surface area contributed by atoms with Gasteiger partial charge in [-0.1, -0.05) is 78.9 Å². The average molecular weight is 750 g/mol. The van der Waals surface area contributed by atoms with Crippen LogP contribution in [0.25, 0.3) is 21.5 Å². The normalized spacial score (nSPS) is 15.1. The van der Waals surface area contributed by atoms with Crippen LogP contribution >= 0.6 is 0 Å². The van der Waals surface area contributed by atoms with Gasteiger partial charge in [0.2, 0.25) is 0 Å². The SMILES string of the molecule is O=[N+]([O-])c1ccc(O)c(N=Nc2c(OC3(Oc4ccc5ccccc5c4N=Nc4cc([N+](=O)[O-])ccc4O)CCc4ccccc4O3)ccc3ccccc23)c1.[H+]. The number of nitro groups is 2. The maximum Gasteiger partial charge on any atom is 1.00 e. The van der Waals surface area contributed by atoms with Crippen molar-refractivity contribution in [1.29, 1.82) is 0 Å². The molecule has 0 saturated heterocycles. The maximum atomic E-state index is 11.5. The number of ether oxygens (including phenoxy) is 3. The number of hydrogen-bond acceptors (Lipinski definition) is 13. The lowest BCUT2D eigenvalue weighted by Crippen LogP contribution is -2.50. The van der Waals surface area contributed by atoms with Crippen molar-refractivity contribution < 1.29 is 35.7 Å². The van der Waals surface area contributed by atoms with E-state index in [0.717, 1.165) is 40.6 Å². The second-order valence-electron chi connectivity index (χ2n) is 12.6. The minimum Gasteiger partial charge on any atom is -0.506 e. The Morgan fingerprint density at radius 1 is 0.607 bits per heavy atom. The third-order valence-electron chi connectivity index (χ3n) is 9.05. The van der Waals surface area contributed by atoms with Crippen molar-refractivity contribution in [3.63, 3.8) is 0 Å². The number of fused-ring (bicyclic) bond motifs is 3. The molecule has 0 saturated carbocycles. The molecule has 0 fully saturated rings. The summed E-state index contributed by atoms with van der Waals surface area (Å²) in [5.41, 5.74) is 0.529. The fraction of sp³-hybridized carbons (Fsp3) is 0.0732. The second-order valence-corrected chi connectivity index (χ2v) is 12.6. The number of rotatable bonds is 10. The topological polar surface area (TPSA) is 204 Å². The predicted octanol–water partition coefficient (Wildman–Crippen LogP) is 11.3. The minimum atomic E-state index is -1.87. The van der Waals surface area contributed by atoms with Crippen molar-refractivity contribution >= 4 is 55.7 Å². The Hall–Kier alpha value is -7.94. The Morgan fingerprint density at radius 3 is 1.61 bits per heavy atom. The van der Waals surface area contributed by atoms with Crippen molar-refractivity contribution in [2.45, 2.75) is 18.8 Å². The molecule has 0 aliphatic carbocycles. The van der Waals surface area contributed by atoms with E-state index in [0.29, 0.717) is 22.9 Å². The molecule has 1 aliphatic heterocycles. The van der Waals surface area contributed by atoms with Gasteiger partial charge in [-0.2, -0.15) is 0 Å². The molecule has 0 amide bonds. The van der Waals surface area contributed by atoms with Gasteiger partial charge in [0, 0.05) is 35.0 Å². The number of aromatic hydroxyl groups is 2. The van der Waals surface area contributed by atoms with Crippen LogP contribution in [0.4, 0.5) is 34.1 Å². The van der Waals surface area contributed by atoms with Gasteiger partial charge in [0.15, 0.2) is 11.5 Å². The molecule has 1 aliphatic rings. The van der Waals surface area contributed by atoms with Crippen molar-refractivity contribution in [1.82, 2.24) is 0 Å². The highest BCUT2D eigenvalue weighted by molar-refractivity contribution is 5.96. The third kappa shape index (κ3) is 6.94. The number of non-ortho nitro benzene ring substituents is 2.